The van der Waals surface area contributed by atoms with Crippen LogP contribution in [-0.2, 0) is 0 Å². The molecule has 1 heteroatoms. The first-order valence-electron chi connectivity index (χ1n) is 7.38. The minimum atomic E-state index is 0.470. The molecule has 18 heavy (non-hydrogen) atoms. The van der Waals surface area contributed by atoms with Gasteiger partial charge in [0, 0.05) is 12.1 Å². The van der Waals surface area contributed by atoms with Crippen LogP contribution in [0.25, 0.3) is 0 Å². The van der Waals surface area contributed by atoms with Crippen LogP contribution in [0.15, 0.2) is 30.3 Å². The molecule has 0 amide bonds. The third kappa shape index (κ3) is 3.84. The van der Waals surface area contributed by atoms with Crippen molar-refractivity contribution in [2.24, 2.45) is 5.41 Å². The van der Waals surface area contributed by atoms with E-state index in [9.17, 15) is 0 Å². The maximum absolute atomic E-state index is 3.81. The van der Waals surface area contributed by atoms with Crippen LogP contribution < -0.4 is 5.32 Å². The zero-order chi connectivity index (χ0) is 13.0. The highest BCUT2D eigenvalue weighted by Crippen LogP contribution is 2.34. The smallest absolute Gasteiger partial charge is 0.0294 e. The van der Waals surface area contributed by atoms with Gasteiger partial charge in [0.25, 0.3) is 0 Å². The molecule has 1 aliphatic rings. The first kappa shape index (κ1) is 13.6. The van der Waals surface area contributed by atoms with Crippen LogP contribution in [0, 0.1) is 5.41 Å². The van der Waals surface area contributed by atoms with E-state index >= 15 is 0 Å². The van der Waals surface area contributed by atoms with Gasteiger partial charge in [-0.2, -0.15) is 0 Å². The van der Waals surface area contributed by atoms with E-state index in [2.05, 4.69) is 56.4 Å². The van der Waals surface area contributed by atoms with Gasteiger partial charge in [-0.3, -0.25) is 0 Å². The molecule has 0 heterocycles. The van der Waals surface area contributed by atoms with Crippen molar-refractivity contribution in [2.75, 3.05) is 0 Å². The third-order valence-electron chi connectivity index (χ3n) is 4.36. The molecule has 0 radical (unpaired) electrons. The average Bonchev–Trinajstić information content (AvgIpc) is 2.52. The second-order valence-electron chi connectivity index (χ2n) is 6.59. The molecule has 1 nitrogen and oxygen atoms in total. The molecule has 0 spiro atoms. The SMILES string of the molecule is C[C@@H](NC1CCCC(C)(C)CC1)c1ccccc1. The highest BCUT2D eigenvalue weighted by atomic mass is 14.9. The molecule has 1 aromatic rings. The molecule has 1 aromatic carbocycles. The van der Waals surface area contributed by atoms with E-state index in [1.165, 1.54) is 37.7 Å². The predicted molar refractivity (Wildman–Crippen MR) is 78.6 cm³/mol. The van der Waals surface area contributed by atoms with Crippen molar-refractivity contribution in [3.8, 4) is 0 Å². The molecule has 1 fully saturated rings. The number of hydrogen-bond donors (Lipinski definition) is 1. The van der Waals surface area contributed by atoms with E-state index in [4.69, 9.17) is 0 Å². The molecule has 100 valence electrons. The molecule has 0 aromatic heterocycles. The molecule has 1 N–H and O–H groups in total. The molecule has 1 saturated carbocycles. The Morgan fingerprint density at radius 2 is 1.83 bits per heavy atom. The highest BCUT2D eigenvalue weighted by molar-refractivity contribution is 5.18. The van der Waals surface area contributed by atoms with Crippen molar-refractivity contribution in [3.05, 3.63) is 35.9 Å². The summed E-state index contributed by atoms with van der Waals surface area (Å²) in [5, 5.41) is 3.81. The number of benzene rings is 1. The Morgan fingerprint density at radius 1 is 1.11 bits per heavy atom. The second kappa shape index (κ2) is 5.88. The van der Waals surface area contributed by atoms with Gasteiger partial charge >= 0.3 is 0 Å². The third-order valence-corrected chi connectivity index (χ3v) is 4.36. The van der Waals surface area contributed by atoms with Crippen molar-refractivity contribution in [2.45, 2.75) is 65.0 Å². The number of hydrogen-bond acceptors (Lipinski definition) is 1. The molecular formula is C17H27N. The standard InChI is InChI=1S/C17H27N/c1-14(15-8-5-4-6-9-15)18-16-10-7-12-17(2,3)13-11-16/h4-6,8-9,14,16,18H,7,10-13H2,1-3H3/t14-,16?/m1/s1. The first-order chi connectivity index (χ1) is 8.57. The van der Waals surface area contributed by atoms with Gasteiger partial charge in [-0.1, -0.05) is 50.6 Å². The van der Waals surface area contributed by atoms with Crippen LogP contribution in [0.5, 0.6) is 0 Å². The Morgan fingerprint density at radius 3 is 2.56 bits per heavy atom. The molecule has 0 saturated heterocycles. The molecule has 1 unspecified atom stereocenters. The summed E-state index contributed by atoms with van der Waals surface area (Å²) in [7, 11) is 0. The zero-order valence-electron chi connectivity index (χ0n) is 12.1. The van der Waals surface area contributed by atoms with Crippen LogP contribution in [0.2, 0.25) is 0 Å². The van der Waals surface area contributed by atoms with Crippen LogP contribution in [-0.4, -0.2) is 6.04 Å². The summed E-state index contributed by atoms with van der Waals surface area (Å²) in [6.07, 6.45) is 6.76. The van der Waals surface area contributed by atoms with E-state index in [0.717, 1.165) is 0 Å². The van der Waals surface area contributed by atoms with Gasteiger partial charge in [0.05, 0.1) is 0 Å². The predicted octanol–water partition coefficient (Wildman–Crippen LogP) is 4.70. The fourth-order valence-electron chi connectivity index (χ4n) is 3.02. The van der Waals surface area contributed by atoms with Crippen LogP contribution in [0.4, 0.5) is 0 Å². The summed E-state index contributed by atoms with van der Waals surface area (Å²) in [6.45, 7) is 7.11. The minimum absolute atomic E-state index is 0.470. The summed E-state index contributed by atoms with van der Waals surface area (Å²) < 4.78 is 0. The fraction of sp³-hybridized carbons (Fsp3) is 0.647. The normalized spacial score (nSPS) is 25.4. The van der Waals surface area contributed by atoms with E-state index in [-0.39, 0.29) is 0 Å². The fourth-order valence-corrected chi connectivity index (χ4v) is 3.02. The van der Waals surface area contributed by atoms with Crippen molar-refractivity contribution in [1.29, 1.82) is 0 Å². The summed E-state index contributed by atoms with van der Waals surface area (Å²) >= 11 is 0. The Balaban J connectivity index is 1.90. The van der Waals surface area contributed by atoms with E-state index in [1.54, 1.807) is 0 Å². The Labute approximate surface area is 112 Å². The average molecular weight is 245 g/mol. The maximum Gasteiger partial charge on any atom is 0.0294 e. The van der Waals surface area contributed by atoms with Gasteiger partial charge in [0.2, 0.25) is 0 Å². The summed E-state index contributed by atoms with van der Waals surface area (Å²) in [5.41, 5.74) is 1.95. The maximum atomic E-state index is 3.81. The number of rotatable bonds is 3. The summed E-state index contributed by atoms with van der Waals surface area (Å²) in [4.78, 5) is 0. The Hall–Kier alpha value is -0.820. The monoisotopic (exact) mass is 245 g/mol. The lowest BCUT2D eigenvalue weighted by atomic mass is 9.85. The molecule has 0 bridgehead atoms. The van der Waals surface area contributed by atoms with Gasteiger partial charge in [0.1, 0.15) is 0 Å². The molecule has 2 atom stereocenters. The van der Waals surface area contributed by atoms with Gasteiger partial charge in [-0.05, 0) is 43.6 Å². The van der Waals surface area contributed by atoms with E-state index in [0.29, 0.717) is 17.5 Å². The van der Waals surface area contributed by atoms with E-state index < -0.39 is 0 Å². The highest BCUT2D eigenvalue weighted by Gasteiger charge is 2.24. The van der Waals surface area contributed by atoms with Gasteiger partial charge in [-0.15, -0.1) is 0 Å². The van der Waals surface area contributed by atoms with Gasteiger partial charge in [0.15, 0.2) is 0 Å². The molecular weight excluding hydrogens is 218 g/mol. The van der Waals surface area contributed by atoms with Gasteiger partial charge < -0.3 is 5.32 Å². The van der Waals surface area contributed by atoms with Crippen molar-refractivity contribution in [1.82, 2.24) is 5.32 Å². The van der Waals surface area contributed by atoms with Crippen LogP contribution in [0.1, 0.15) is 64.5 Å². The first-order valence-corrected chi connectivity index (χ1v) is 7.38. The Kier molecular flexibility index (Phi) is 4.45. The summed E-state index contributed by atoms with van der Waals surface area (Å²) in [5.74, 6) is 0. The minimum Gasteiger partial charge on any atom is -0.307 e. The van der Waals surface area contributed by atoms with Gasteiger partial charge in [-0.25, -0.2) is 0 Å². The molecule has 1 aliphatic carbocycles. The van der Waals surface area contributed by atoms with Crippen LogP contribution >= 0.6 is 0 Å². The number of nitrogens with one attached hydrogen (secondary N) is 1. The lowest BCUT2D eigenvalue weighted by Gasteiger charge is -2.24. The lowest BCUT2D eigenvalue weighted by Crippen LogP contribution is -2.31. The quantitative estimate of drug-likeness (QED) is 0.761. The van der Waals surface area contributed by atoms with Crippen molar-refractivity contribution >= 4 is 0 Å². The topological polar surface area (TPSA) is 12.0 Å². The second-order valence-corrected chi connectivity index (χ2v) is 6.59. The van der Waals surface area contributed by atoms with Crippen molar-refractivity contribution in [3.63, 3.8) is 0 Å². The summed E-state index contributed by atoms with van der Waals surface area (Å²) in [6, 6.07) is 12.0. The van der Waals surface area contributed by atoms with Crippen molar-refractivity contribution < 1.29 is 0 Å². The zero-order valence-corrected chi connectivity index (χ0v) is 12.1. The Bertz CT molecular complexity index is 355. The molecule has 2 rings (SSSR count). The lowest BCUT2D eigenvalue weighted by molar-refractivity contribution is 0.307. The molecule has 0 aliphatic heterocycles. The largest absolute Gasteiger partial charge is 0.307 e. The van der Waals surface area contributed by atoms with E-state index in [1.807, 2.05) is 0 Å². The van der Waals surface area contributed by atoms with Crippen LogP contribution in [0.3, 0.4) is 0 Å².